The molecule has 1 atom stereocenters. The van der Waals surface area contributed by atoms with Crippen molar-refractivity contribution >= 4 is 34.2 Å². The number of rotatable bonds is 3. The number of piperidine rings is 1. The quantitative estimate of drug-likeness (QED) is 0.363. The van der Waals surface area contributed by atoms with E-state index in [2.05, 4.69) is 32.2 Å². The van der Waals surface area contributed by atoms with Gasteiger partial charge in [0.25, 0.3) is 0 Å². The Balaban J connectivity index is 1.63. The lowest BCUT2D eigenvalue weighted by Gasteiger charge is -2.36. The van der Waals surface area contributed by atoms with Crippen LogP contribution in [0.3, 0.4) is 0 Å². The van der Waals surface area contributed by atoms with Gasteiger partial charge in [0.15, 0.2) is 11.4 Å². The fourth-order valence-electron chi connectivity index (χ4n) is 3.99. The molecular weight excluding hydrogens is 370 g/mol. The average molecular weight is 400 g/mol. The summed E-state index contributed by atoms with van der Waals surface area (Å²) < 4.78 is 0. The predicted octanol–water partition coefficient (Wildman–Crippen LogP) is 3.73. The first-order valence-electron chi connectivity index (χ1n) is 10.1. The summed E-state index contributed by atoms with van der Waals surface area (Å²) in [6, 6.07) is 8.04. The second-order valence-electron chi connectivity index (χ2n) is 7.40. The van der Waals surface area contributed by atoms with Crippen LogP contribution in [0.25, 0.3) is 0 Å². The summed E-state index contributed by atoms with van der Waals surface area (Å²) in [5.74, 6) is 0.451. The number of nitriles is 1. The van der Waals surface area contributed by atoms with Crippen molar-refractivity contribution in [2.45, 2.75) is 38.5 Å². The van der Waals surface area contributed by atoms with Crippen molar-refractivity contribution in [2.75, 3.05) is 37.3 Å². The Kier molecular flexibility index (Phi) is 7.61. The van der Waals surface area contributed by atoms with Gasteiger partial charge in [-0.15, -0.1) is 0 Å². The number of carbonyl (C=O) groups is 1. The smallest absolute Gasteiger partial charge is 0.227 e. The van der Waals surface area contributed by atoms with E-state index in [-0.39, 0.29) is 5.92 Å². The second-order valence-corrected chi connectivity index (χ2v) is 8.19. The van der Waals surface area contributed by atoms with E-state index in [9.17, 15) is 4.79 Å². The van der Waals surface area contributed by atoms with Gasteiger partial charge in [-0.2, -0.15) is 5.26 Å². The van der Waals surface area contributed by atoms with E-state index in [4.69, 9.17) is 5.26 Å². The van der Waals surface area contributed by atoms with Crippen LogP contribution < -0.4 is 10.2 Å². The number of hydrogen-bond donors (Lipinski definition) is 1. The third-order valence-corrected chi connectivity index (χ3v) is 6.07. The summed E-state index contributed by atoms with van der Waals surface area (Å²) in [6.07, 6.45) is 10.6. The minimum absolute atomic E-state index is 0.104. The van der Waals surface area contributed by atoms with Crippen LogP contribution >= 0.6 is 11.8 Å². The molecule has 0 radical (unpaired) electrons. The maximum atomic E-state index is 13.0. The molecule has 3 rings (SSSR count). The summed E-state index contributed by atoms with van der Waals surface area (Å²) in [4.78, 5) is 21.9. The molecule has 0 bridgehead atoms. The Morgan fingerprint density at radius 3 is 2.50 bits per heavy atom. The molecule has 2 aliphatic rings. The lowest BCUT2D eigenvalue weighted by atomic mass is 9.95. The monoisotopic (exact) mass is 399 g/mol. The minimum Gasteiger partial charge on any atom is -0.371 e. The average Bonchev–Trinajstić information content (AvgIpc) is 3.03. The molecule has 6 nitrogen and oxygen atoms in total. The van der Waals surface area contributed by atoms with Crippen LogP contribution in [-0.4, -0.2) is 48.4 Å². The fourth-order valence-corrected chi connectivity index (χ4v) is 4.33. The van der Waals surface area contributed by atoms with Crippen LogP contribution in [0, 0.1) is 17.4 Å². The lowest BCUT2D eigenvalue weighted by Crippen LogP contribution is -2.45. The van der Waals surface area contributed by atoms with E-state index >= 15 is 0 Å². The van der Waals surface area contributed by atoms with Gasteiger partial charge >= 0.3 is 0 Å². The number of nitrogens with one attached hydrogen (secondary N) is 1. The first-order chi connectivity index (χ1) is 13.7. The van der Waals surface area contributed by atoms with Crippen LogP contribution in [0.15, 0.2) is 29.3 Å². The molecule has 1 amide bonds. The molecule has 2 saturated heterocycles. The van der Waals surface area contributed by atoms with Crippen LogP contribution in [0.2, 0.25) is 0 Å². The van der Waals surface area contributed by atoms with Crippen molar-refractivity contribution < 1.29 is 4.79 Å². The van der Waals surface area contributed by atoms with Crippen LogP contribution in [-0.2, 0) is 4.79 Å². The molecule has 28 heavy (non-hydrogen) atoms. The predicted molar refractivity (Wildman–Crippen MR) is 116 cm³/mol. The lowest BCUT2D eigenvalue weighted by molar-refractivity contribution is -0.135. The second kappa shape index (κ2) is 10.4. The summed E-state index contributed by atoms with van der Waals surface area (Å²) in [5.41, 5.74) is 1.94. The molecule has 1 aromatic carbocycles. The number of anilines is 1. The van der Waals surface area contributed by atoms with Crippen molar-refractivity contribution in [3.05, 3.63) is 24.3 Å². The van der Waals surface area contributed by atoms with Crippen molar-refractivity contribution in [1.82, 2.24) is 10.2 Å². The van der Waals surface area contributed by atoms with E-state index in [0.717, 1.165) is 63.2 Å². The Morgan fingerprint density at radius 2 is 1.86 bits per heavy atom. The van der Waals surface area contributed by atoms with Gasteiger partial charge in [-0.1, -0.05) is 24.6 Å². The highest BCUT2D eigenvalue weighted by atomic mass is 32.2. The topological polar surface area (TPSA) is 71.7 Å². The maximum Gasteiger partial charge on any atom is 0.227 e. The number of carbonyl (C=O) groups excluding carboxylic acids is 1. The molecule has 2 fully saturated rings. The fraction of sp³-hybridized carbons (Fsp3) is 0.571. The molecular formula is C21H29N5OS. The number of likely N-dealkylation sites (tertiary alicyclic amines) is 1. The van der Waals surface area contributed by atoms with E-state index in [1.54, 1.807) is 0 Å². The molecule has 7 heteroatoms. The SMILES string of the molecule is CSC(=Nc1ccc(N2CCCC(C(=O)N3CCCCCC3)C2)cc1)NC#N. The molecule has 1 aromatic rings. The Morgan fingerprint density at radius 1 is 1.14 bits per heavy atom. The number of hydrogen-bond acceptors (Lipinski definition) is 5. The number of amides is 1. The summed E-state index contributed by atoms with van der Waals surface area (Å²) in [6.45, 7) is 3.63. The molecule has 0 aliphatic carbocycles. The molecule has 0 saturated carbocycles. The minimum atomic E-state index is 0.104. The highest BCUT2D eigenvalue weighted by molar-refractivity contribution is 8.13. The van der Waals surface area contributed by atoms with Crippen LogP contribution in [0.1, 0.15) is 38.5 Å². The number of benzene rings is 1. The zero-order chi connectivity index (χ0) is 19.8. The van der Waals surface area contributed by atoms with Gasteiger partial charge in [0, 0.05) is 31.9 Å². The largest absolute Gasteiger partial charge is 0.371 e. The standard InChI is InChI=1S/C21H29N5OS/c1-28-21(23-16-22)24-18-8-10-19(11-9-18)26-14-6-7-17(15-26)20(27)25-12-4-2-3-5-13-25/h8-11,17H,2-7,12-15H2,1H3,(H,23,24). The van der Waals surface area contributed by atoms with Gasteiger partial charge in [0.05, 0.1) is 11.6 Å². The van der Waals surface area contributed by atoms with Gasteiger partial charge in [0.2, 0.25) is 5.91 Å². The highest BCUT2D eigenvalue weighted by Crippen LogP contribution is 2.27. The number of aliphatic imine (C=N–C) groups is 1. The normalized spacial score (nSPS) is 21.0. The first-order valence-corrected chi connectivity index (χ1v) is 11.4. The molecule has 0 spiro atoms. The first kappa shape index (κ1) is 20.5. The molecule has 1 N–H and O–H groups in total. The molecule has 2 aliphatic heterocycles. The highest BCUT2D eigenvalue weighted by Gasteiger charge is 2.29. The molecule has 2 heterocycles. The van der Waals surface area contributed by atoms with Crippen LogP contribution in [0.5, 0.6) is 0 Å². The van der Waals surface area contributed by atoms with Crippen molar-refractivity contribution in [3.63, 3.8) is 0 Å². The Bertz CT molecular complexity index is 719. The van der Waals surface area contributed by atoms with Gasteiger partial charge in [0.1, 0.15) is 0 Å². The molecule has 0 aromatic heterocycles. The summed E-state index contributed by atoms with van der Waals surface area (Å²) in [7, 11) is 0. The van der Waals surface area contributed by atoms with E-state index < -0.39 is 0 Å². The third kappa shape index (κ3) is 5.41. The Labute approximate surface area is 172 Å². The third-order valence-electron chi connectivity index (χ3n) is 5.49. The van der Waals surface area contributed by atoms with Crippen molar-refractivity contribution in [1.29, 1.82) is 5.26 Å². The molecule has 150 valence electrons. The van der Waals surface area contributed by atoms with Crippen LogP contribution in [0.4, 0.5) is 11.4 Å². The van der Waals surface area contributed by atoms with Crippen molar-refractivity contribution in [2.24, 2.45) is 10.9 Å². The zero-order valence-corrected chi connectivity index (χ0v) is 17.4. The van der Waals surface area contributed by atoms with Gasteiger partial charge < -0.3 is 9.80 Å². The number of thioether (sulfide) groups is 1. The van der Waals surface area contributed by atoms with E-state index in [1.807, 2.05) is 24.6 Å². The maximum absolute atomic E-state index is 13.0. The number of nitrogens with zero attached hydrogens (tertiary/aromatic N) is 4. The van der Waals surface area contributed by atoms with Crippen molar-refractivity contribution in [3.8, 4) is 6.19 Å². The van der Waals surface area contributed by atoms with E-state index in [1.165, 1.54) is 24.6 Å². The molecule has 1 unspecified atom stereocenters. The van der Waals surface area contributed by atoms with Gasteiger partial charge in [-0.05, 0) is 56.2 Å². The Hall–Kier alpha value is -2.20. The van der Waals surface area contributed by atoms with Gasteiger partial charge in [-0.3, -0.25) is 10.1 Å². The number of amidine groups is 1. The van der Waals surface area contributed by atoms with E-state index in [0.29, 0.717) is 11.1 Å². The summed E-state index contributed by atoms with van der Waals surface area (Å²) >= 11 is 1.40. The zero-order valence-electron chi connectivity index (χ0n) is 16.6. The summed E-state index contributed by atoms with van der Waals surface area (Å²) in [5, 5.41) is 11.9. The van der Waals surface area contributed by atoms with Gasteiger partial charge in [-0.25, -0.2) is 4.99 Å².